The topological polar surface area (TPSA) is 64.7 Å². The zero-order chi connectivity index (χ0) is 9.97. The highest BCUT2D eigenvalue weighted by atomic mass is 35.5. The van der Waals surface area contributed by atoms with Crippen LogP contribution in [0.25, 0.3) is 11.5 Å². The fourth-order valence-corrected chi connectivity index (χ4v) is 1.19. The highest BCUT2D eigenvalue weighted by Gasteiger charge is 2.02. The van der Waals surface area contributed by atoms with Crippen LogP contribution in [0.4, 0.5) is 5.82 Å². The van der Waals surface area contributed by atoms with Crippen molar-refractivity contribution in [3.8, 4) is 11.5 Å². The molecule has 0 aliphatic carbocycles. The number of aromatic nitrogens is 3. The number of pyridine rings is 1. The van der Waals surface area contributed by atoms with E-state index in [4.69, 9.17) is 17.3 Å². The number of rotatable bonds is 1. The second kappa shape index (κ2) is 3.59. The van der Waals surface area contributed by atoms with Crippen molar-refractivity contribution in [3.05, 3.63) is 35.6 Å². The molecule has 70 valence electrons. The summed E-state index contributed by atoms with van der Waals surface area (Å²) < 4.78 is 0. The first-order chi connectivity index (χ1) is 6.75. The van der Waals surface area contributed by atoms with Crippen molar-refractivity contribution in [3.63, 3.8) is 0 Å². The largest absolute Gasteiger partial charge is 0.384 e. The van der Waals surface area contributed by atoms with Gasteiger partial charge in [0.1, 0.15) is 16.7 Å². The van der Waals surface area contributed by atoms with E-state index in [0.717, 1.165) is 0 Å². The van der Waals surface area contributed by atoms with Crippen LogP contribution in [0.1, 0.15) is 0 Å². The first-order valence-electron chi connectivity index (χ1n) is 3.97. The van der Waals surface area contributed by atoms with Crippen molar-refractivity contribution in [2.75, 3.05) is 5.73 Å². The van der Waals surface area contributed by atoms with Crippen LogP contribution in [0.3, 0.4) is 0 Å². The molecule has 0 saturated carbocycles. The SMILES string of the molecule is Nc1ccnc(-c2cccc(Cl)n2)n1. The zero-order valence-electron chi connectivity index (χ0n) is 7.18. The molecule has 0 unspecified atom stereocenters. The number of nitrogen functional groups attached to an aromatic ring is 1. The summed E-state index contributed by atoms with van der Waals surface area (Å²) in [6, 6.07) is 6.88. The van der Waals surface area contributed by atoms with Gasteiger partial charge < -0.3 is 5.73 Å². The third-order valence-corrected chi connectivity index (χ3v) is 1.83. The molecule has 0 aliphatic rings. The minimum Gasteiger partial charge on any atom is -0.384 e. The standard InChI is InChI=1S/C9H7ClN4/c10-7-3-1-2-6(13-7)9-12-5-4-8(11)14-9/h1-5H,(H2,11,12,14). The lowest BCUT2D eigenvalue weighted by atomic mass is 10.3. The molecule has 0 atom stereocenters. The average molecular weight is 207 g/mol. The maximum absolute atomic E-state index is 5.74. The van der Waals surface area contributed by atoms with Gasteiger partial charge in [0.2, 0.25) is 0 Å². The van der Waals surface area contributed by atoms with Gasteiger partial charge in [-0.25, -0.2) is 15.0 Å². The highest BCUT2D eigenvalue weighted by Crippen LogP contribution is 2.14. The van der Waals surface area contributed by atoms with Crippen LogP contribution in [0.15, 0.2) is 30.5 Å². The van der Waals surface area contributed by atoms with E-state index in [1.54, 1.807) is 30.5 Å². The average Bonchev–Trinajstić information content (AvgIpc) is 2.18. The second-order valence-electron chi connectivity index (χ2n) is 2.65. The molecule has 0 saturated heterocycles. The Labute approximate surface area is 85.8 Å². The molecule has 2 aromatic heterocycles. The van der Waals surface area contributed by atoms with Crippen molar-refractivity contribution >= 4 is 17.4 Å². The van der Waals surface area contributed by atoms with Gasteiger partial charge in [-0.2, -0.15) is 0 Å². The van der Waals surface area contributed by atoms with Crippen LogP contribution >= 0.6 is 11.6 Å². The number of nitrogens with two attached hydrogens (primary N) is 1. The number of hydrogen-bond acceptors (Lipinski definition) is 4. The summed E-state index contributed by atoms with van der Waals surface area (Å²) >= 11 is 5.74. The Morgan fingerprint density at radius 3 is 2.71 bits per heavy atom. The molecule has 0 spiro atoms. The van der Waals surface area contributed by atoms with Crippen LogP contribution < -0.4 is 5.73 Å². The Hall–Kier alpha value is -1.68. The third kappa shape index (κ3) is 1.80. The second-order valence-corrected chi connectivity index (χ2v) is 3.04. The predicted molar refractivity (Wildman–Crippen MR) is 54.7 cm³/mol. The molecule has 2 rings (SSSR count). The van der Waals surface area contributed by atoms with Gasteiger partial charge in [0.15, 0.2) is 5.82 Å². The van der Waals surface area contributed by atoms with Gasteiger partial charge in [-0.15, -0.1) is 0 Å². The summed E-state index contributed by atoms with van der Waals surface area (Å²) in [6.07, 6.45) is 1.58. The normalized spacial score (nSPS) is 10.1. The first-order valence-corrected chi connectivity index (χ1v) is 4.35. The molecule has 5 heteroatoms. The molecule has 2 aromatic rings. The smallest absolute Gasteiger partial charge is 0.180 e. The summed E-state index contributed by atoms with van der Waals surface area (Å²) in [5.41, 5.74) is 6.14. The Kier molecular flexibility index (Phi) is 2.28. The molecular weight excluding hydrogens is 200 g/mol. The van der Waals surface area contributed by atoms with Gasteiger partial charge in [-0.3, -0.25) is 0 Å². The fourth-order valence-electron chi connectivity index (χ4n) is 1.03. The van der Waals surface area contributed by atoms with E-state index in [1.807, 2.05) is 0 Å². The summed E-state index contributed by atoms with van der Waals surface area (Å²) in [6.45, 7) is 0. The van der Waals surface area contributed by atoms with E-state index >= 15 is 0 Å². The quantitative estimate of drug-likeness (QED) is 0.723. The van der Waals surface area contributed by atoms with E-state index < -0.39 is 0 Å². The molecule has 2 N–H and O–H groups in total. The van der Waals surface area contributed by atoms with Crippen LogP contribution in [0.5, 0.6) is 0 Å². The molecule has 0 aliphatic heterocycles. The summed E-state index contributed by atoms with van der Waals surface area (Å²) in [5, 5.41) is 0.411. The van der Waals surface area contributed by atoms with Gasteiger partial charge in [-0.1, -0.05) is 17.7 Å². The van der Waals surface area contributed by atoms with E-state index in [1.165, 1.54) is 0 Å². The Morgan fingerprint density at radius 1 is 1.14 bits per heavy atom. The molecule has 0 bridgehead atoms. The Balaban J connectivity index is 2.49. The molecular formula is C9H7ClN4. The van der Waals surface area contributed by atoms with Gasteiger partial charge >= 0.3 is 0 Å². The highest BCUT2D eigenvalue weighted by molar-refractivity contribution is 6.29. The lowest BCUT2D eigenvalue weighted by Gasteiger charge is -1.99. The summed E-state index contributed by atoms with van der Waals surface area (Å²) in [4.78, 5) is 12.1. The van der Waals surface area contributed by atoms with E-state index in [2.05, 4.69) is 15.0 Å². The van der Waals surface area contributed by atoms with Gasteiger partial charge in [0.05, 0.1) is 0 Å². The molecule has 0 amide bonds. The minimum atomic E-state index is 0.411. The summed E-state index contributed by atoms with van der Waals surface area (Å²) in [7, 11) is 0. The first kappa shape index (κ1) is 8.90. The predicted octanol–water partition coefficient (Wildman–Crippen LogP) is 1.77. The van der Waals surface area contributed by atoms with Crippen molar-refractivity contribution in [2.45, 2.75) is 0 Å². The van der Waals surface area contributed by atoms with E-state index in [-0.39, 0.29) is 0 Å². The van der Waals surface area contributed by atoms with Crippen molar-refractivity contribution in [1.29, 1.82) is 0 Å². The van der Waals surface area contributed by atoms with Gasteiger partial charge in [0, 0.05) is 6.20 Å². The fraction of sp³-hybridized carbons (Fsp3) is 0. The zero-order valence-corrected chi connectivity index (χ0v) is 7.94. The number of hydrogen-bond donors (Lipinski definition) is 1. The van der Waals surface area contributed by atoms with Crippen molar-refractivity contribution < 1.29 is 0 Å². The van der Waals surface area contributed by atoms with Crippen molar-refractivity contribution in [1.82, 2.24) is 15.0 Å². The third-order valence-electron chi connectivity index (χ3n) is 1.62. The molecule has 2 heterocycles. The van der Waals surface area contributed by atoms with Crippen molar-refractivity contribution in [2.24, 2.45) is 0 Å². The lowest BCUT2D eigenvalue weighted by molar-refractivity contribution is 1.15. The maximum Gasteiger partial charge on any atom is 0.180 e. The van der Waals surface area contributed by atoms with E-state index in [9.17, 15) is 0 Å². The Morgan fingerprint density at radius 2 is 2.00 bits per heavy atom. The van der Waals surface area contributed by atoms with Gasteiger partial charge in [0.25, 0.3) is 0 Å². The monoisotopic (exact) mass is 206 g/mol. The van der Waals surface area contributed by atoms with Crippen LogP contribution in [-0.2, 0) is 0 Å². The van der Waals surface area contributed by atoms with Crippen LogP contribution in [0, 0.1) is 0 Å². The molecule has 0 fully saturated rings. The number of anilines is 1. The number of nitrogens with zero attached hydrogens (tertiary/aromatic N) is 3. The number of halogens is 1. The molecule has 0 radical (unpaired) electrons. The maximum atomic E-state index is 5.74. The minimum absolute atomic E-state index is 0.411. The van der Waals surface area contributed by atoms with Gasteiger partial charge in [-0.05, 0) is 18.2 Å². The van der Waals surface area contributed by atoms with Crippen LogP contribution in [-0.4, -0.2) is 15.0 Å². The Bertz CT molecular complexity index is 415. The lowest BCUT2D eigenvalue weighted by Crippen LogP contribution is -1.95. The van der Waals surface area contributed by atoms with Crippen LogP contribution in [0.2, 0.25) is 5.15 Å². The molecule has 0 aromatic carbocycles. The molecule has 14 heavy (non-hydrogen) atoms. The van der Waals surface area contributed by atoms with E-state index in [0.29, 0.717) is 22.5 Å². The molecule has 4 nitrogen and oxygen atoms in total. The summed E-state index contributed by atoms with van der Waals surface area (Å²) in [5.74, 6) is 0.893.